The zero-order valence-electron chi connectivity index (χ0n) is 10.9. The van der Waals surface area contributed by atoms with Crippen molar-refractivity contribution < 1.29 is 33.0 Å². The van der Waals surface area contributed by atoms with Gasteiger partial charge in [-0.25, -0.2) is 13.6 Å². The van der Waals surface area contributed by atoms with Crippen LogP contribution < -0.4 is 0 Å². The molecule has 1 N–H and O–H groups in total. The number of hydrogen-bond acceptors (Lipinski definition) is 4. The lowest BCUT2D eigenvalue weighted by Crippen LogP contribution is -2.45. The fraction of sp³-hybridized carbons (Fsp3) is 0.308. The first-order valence-electron chi connectivity index (χ1n) is 5.97. The molecule has 1 aromatic carbocycles. The number of benzene rings is 1. The lowest BCUT2D eigenvalue weighted by Gasteiger charge is -2.22. The summed E-state index contributed by atoms with van der Waals surface area (Å²) in [6, 6.07) is -0.260. The van der Waals surface area contributed by atoms with Crippen LogP contribution in [-0.4, -0.2) is 47.5 Å². The van der Waals surface area contributed by atoms with E-state index in [9.17, 15) is 23.2 Å². The zero-order chi connectivity index (χ0) is 15.7. The van der Waals surface area contributed by atoms with Crippen molar-refractivity contribution in [3.63, 3.8) is 0 Å². The average molecular weight is 299 g/mol. The van der Waals surface area contributed by atoms with Crippen molar-refractivity contribution in [2.24, 2.45) is 0 Å². The number of carbonyl (C=O) groups excluding carboxylic acids is 2. The summed E-state index contributed by atoms with van der Waals surface area (Å²) >= 11 is 0. The molecule has 0 fully saturated rings. The Labute approximate surface area is 117 Å². The van der Waals surface area contributed by atoms with Gasteiger partial charge >= 0.3 is 5.97 Å². The van der Waals surface area contributed by atoms with Crippen LogP contribution in [0.3, 0.4) is 0 Å². The van der Waals surface area contributed by atoms with E-state index in [2.05, 4.69) is 0 Å². The van der Waals surface area contributed by atoms with Gasteiger partial charge in [0, 0.05) is 20.1 Å². The van der Waals surface area contributed by atoms with Gasteiger partial charge in [0.25, 0.3) is 11.8 Å². The lowest BCUT2D eigenvalue weighted by molar-refractivity contribution is -0.142. The van der Waals surface area contributed by atoms with Gasteiger partial charge in [-0.3, -0.25) is 14.5 Å². The van der Waals surface area contributed by atoms with E-state index in [1.807, 2.05) is 0 Å². The molecule has 1 aliphatic heterocycles. The second-order valence-electron chi connectivity index (χ2n) is 4.43. The summed E-state index contributed by atoms with van der Waals surface area (Å²) in [5.41, 5.74) is -0.690. The van der Waals surface area contributed by atoms with E-state index >= 15 is 0 Å². The highest BCUT2D eigenvalue weighted by molar-refractivity contribution is 6.22. The summed E-state index contributed by atoms with van der Waals surface area (Å²) in [5, 5.41) is 9.13. The van der Waals surface area contributed by atoms with Crippen LogP contribution in [0.2, 0.25) is 0 Å². The van der Waals surface area contributed by atoms with Crippen molar-refractivity contribution in [2.45, 2.75) is 12.5 Å². The predicted molar refractivity (Wildman–Crippen MR) is 64.8 cm³/mol. The summed E-state index contributed by atoms with van der Waals surface area (Å²) in [6.45, 7) is 0.00704. The van der Waals surface area contributed by atoms with Crippen LogP contribution in [0.5, 0.6) is 0 Å². The summed E-state index contributed by atoms with van der Waals surface area (Å²) in [7, 11) is 1.34. The standard InChI is InChI=1S/C13H11F2NO5/c1-21-3-2-10(13(19)20)16-11(17)6-4-8(14)9(15)5-7(6)12(16)18/h4-5,10H,2-3H2,1H3,(H,19,20). The van der Waals surface area contributed by atoms with Gasteiger partial charge in [0.1, 0.15) is 6.04 Å². The van der Waals surface area contributed by atoms with E-state index in [-0.39, 0.29) is 24.2 Å². The van der Waals surface area contributed by atoms with Gasteiger partial charge in [-0.1, -0.05) is 0 Å². The van der Waals surface area contributed by atoms with Gasteiger partial charge in [-0.05, 0) is 12.1 Å². The molecule has 2 rings (SSSR count). The number of ether oxygens (including phenoxy) is 1. The number of fused-ring (bicyclic) bond motifs is 1. The molecule has 2 amide bonds. The van der Waals surface area contributed by atoms with Crippen LogP contribution in [0.15, 0.2) is 12.1 Å². The number of imide groups is 1. The normalized spacial score (nSPS) is 15.3. The molecule has 0 radical (unpaired) electrons. The van der Waals surface area contributed by atoms with Gasteiger partial charge in [-0.15, -0.1) is 0 Å². The number of carboxylic acid groups (broad SMARTS) is 1. The molecule has 0 saturated heterocycles. The number of nitrogens with zero attached hydrogens (tertiary/aromatic N) is 1. The maximum Gasteiger partial charge on any atom is 0.327 e. The molecule has 0 spiro atoms. The molecule has 6 nitrogen and oxygen atoms in total. The zero-order valence-corrected chi connectivity index (χ0v) is 10.9. The van der Waals surface area contributed by atoms with Crippen LogP contribution in [0.25, 0.3) is 0 Å². The highest BCUT2D eigenvalue weighted by Crippen LogP contribution is 2.27. The number of methoxy groups -OCH3 is 1. The van der Waals surface area contributed by atoms with E-state index < -0.39 is 35.5 Å². The highest BCUT2D eigenvalue weighted by atomic mass is 19.2. The first kappa shape index (κ1) is 15.0. The smallest absolute Gasteiger partial charge is 0.327 e. The molecule has 112 valence electrons. The van der Waals surface area contributed by atoms with E-state index in [1.54, 1.807) is 0 Å². The van der Waals surface area contributed by atoms with E-state index in [0.717, 1.165) is 0 Å². The van der Waals surface area contributed by atoms with Crippen molar-refractivity contribution in [1.29, 1.82) is 0 Å². The van der Waals surface area contributed by atoms with Gasteiger partial charge in [-0.2, -0.15) is 0 Å². The fourth-order valence-electron chi connectivity index (χ4n) is 2.13. The van der Waals surface area contributed by atoms with E-state index in [1.165, 1.54) is 7.11 Å². The Hall–Kier alpha value is -2.35. The number of carbonyl (C=O) groups is 3. The summed E-state index contributed by atoms with van der Waals surface area (Å²) in [6.07, 6.45) is -0.123. The SMILES string of the molecule is COCCC(C(=O)O)N1C(=O)c2cc(F)c(F)cc2C1=O. The monoisotopic (exact) mass is 299 g/mol. The summed E-state index contributed by atoms with van der Waals surface area (Å²) in [5.74, 6) is -5.88. The van der Waals surface area contributed by atoms with Crippen molar-refractivity contribution in [2.75, 3.05) is 13.7 Å². The molecule has 1 aliphatic rings. The summed E-state index contributed by atoms with van der Waals surface area (Å²) < 4.78 is 31.1. The number of hydrogen-bond donors (Lipinski definition) is 1. The Kier molecular flexibility index (Phi) is 3.99. The second kappa shape index (κ2) is 5.57. The third-order valence-electron chi connectivity index (χ3n) is 3.15. The first-order valence-corrected chi connectivity index (χ1v) is 5.97. The molecule has 1 unspecified atom stereocenters. The van der Waals surface area contributed by atoms with Gasteiger partial charge < -0.3 is 9.84 Å². The van der Waals surface area contributed by atoms with Crippen molar-refractivity contribution in [3.05, 3.63) is 34.9 Å². The topological polar surface area (TPSA) is 83.9 Å². The van der Waals surface area contributed by atoms with Crippen molar-refractivity contribution >= 4 is 17.8 Å². The summed E-state index contributed by atoms with van der Waals surface area (Å²) in [4.78, 5) is 35.9. The van der Waals surface area contributed by atoms with Gasteiger partial charge in [0.2, 0.25) is 0 Å². The molecular formula is C13H11F2NO5. The van der Waals surface area contributed by atoms with Crippen LogP contribution >= 0.6 is 0 Å². The molecular weight excluding hydrogens is 288 g/mol. The number of halogens is 2. The third kappa shape index (κ3) is 2.49. The molecule has 0 bridgehead atoms. The Morgan fingerprint density at radius 3 is 2.10 bits per heavy atom. The minimum Gasteiger partial charge on any atom is -0.480 e. The quantitative estimate of drug-likeness (QED) is 0.822. The predicted octanol–water partition coefficient (Wildman–Crippen LogP) is 1.05. The molecule has 0 aromatic heterocycles. The first-order chi connectivity index (χ1) is 9.88. The minimum absolute atomic E-state index is 0.00704. The van der Waals surface area contributed by atoms with Gasteiger partial charge in [0.15, 0.2) is 11.6 Å². The largest absolute Gasteiger partial charge is 0.480 e. The molecule has 1 aromatic rings. The number of carboxylic acids is 1. The number of amides is 2. The average Bonchev–Trinajstić information content (AvgIpc) is 2.65. The van der Waals surface area contributed by atoms with Crippen LogP contribution in [0, 0.1) is 11.6 Å². The van der Waals surface area contributed by atoms with E-state index in [4.69, 9.17) is 9.84 Å². The molecule has 0 saturated carbocycles. The van der Waals surface area contributed by atoms with Crippen molar-refractivity contribution in [1.82, 2.24) is 4.90 Å². The molecule has 1 atom stereocenters. The molecule has 21 heavy (non-hydrogen) atoms. The van der Waals surface area contributed by atoms with Crippen molar-refractivity contribution in [3.8, 4) is 0 Å². The third-order valence-corrected chi connectivity index (χ3v) is 3.15. The second-order valence-corrected chi connectivity index (χ2v) is 4.43. The Morgan fingerprint density at radius 1 is 1.24 bits per heavy atom. The maximum absolute atomic E-state index is 13.2. The molecule has 0 aliphatic carbocycles. The van der Waals surface area contributed by atoms with Gasteiger partial charge in [0.05, 0.1) is 11.1 Å². The maximum atomic E-state index is 13.2. The minimum atomic E-state index is -1.46. The number of aliphatic carboxylic acids is 1. The lowest BCUT2D eigenvalue weighted by atomic mass is 10.1. The number of rotatable bonds is 5. The highest BCUT2D eigenvalue weighted by Gasteiger charge is 2.43. The Balaban J connectivity index is 2.42. The van der Waals surface area contributed by atoms with Crippen LogP contribution in [0.1, 0.15) is 27.1 Å². The fourth-order valence-corrected chi connectivity index (χ4v) is 2.13. The Bertz CT molecular complexity index is 590. The van der Waals surface area contributed by atoms with Crippen LogP contribution in [-0.2, 0) is 9.53 Å². The Morgan fingerprint density at radius 2 is 1.71 bits per heavy atom. The van der Waals surface area contributed by atoms with Crippen LogP contribution in [0.4, 0.5) is 8.78 Å². The molecule has 1 heterocycles. The molecule has 8 heteroatoms. The van der Waals surface area contributed by atoms with E-state index in [0.29, 0.717) is 17.0 Å².